The molecule has 3 N–H and O–H groups in total. The van der Waals surface area contributed by atoms with Crippen molar-refractivity contribution in [2.24, 2.45) is 11.8 Å². The maximum Gasteiger partial charge on any atom is 0.490 e. The molecule has 2 aliphatic rings. The summed E-state index contributed by atoms with van der Waals surface area (Å²) < 4.78 is 70.9. The summed E-state index contributed by atoms with van der Waals surface area (Å²) in [4.78, 5) is 37.3. The fourth-order valence-electron chi connectivity index (χ4n) is 4.74. The van der Waals surface area contributed by atoms with Crippen LogP contribution in [0.25, 0.3) is 0 Å². The SMILES string of the molecule is COc1ncccc1CN1CC2Cc3nnc(C(=O)NCc4ccccc4)n3CC2C1.O=C(O)C(F)(F)F.O=C(O)C(F)(F)F. The summed E-state index contributed by atoms with van der Waals surface area (Å²) in [6.45, 7) is 4.06. The molecule has 0 aliphatic carbocycles. The first-order chi connectivity index (χ1) is 21.1. The first kappa shape index (κ1) is 34.7. The van der Waals surface area contributed by atoms with Gasteiger partial charge in [-0.2, -0.15) is 26.3 Å². The number of fused-ring (bicyclic) bond motifs is 2. The molecule has 2 unspecified atom stereocenters. The number of nitrogens with zero attached hydrogens (tertiary/aromatic N) is 5. The number of alkyl halides is 6. The molecule has 0 spiro atoms. The summed E-state index contributed by atoms with van der Waals surface area (Å²) in [6, 6.07) is 13.9. The molecule has 2 aromatic heterocycles. The number of pyridine rings is 1. The highest BCUT2D eigenvalue weighted by Crippen LogP contribution is 2.34. The van der Waals surface area contributed by atoms with Gasteiger partial charge in [-0.3, -0.25) is 9.69 Å². The Morgan fingerprint density at radius 2 is 1.51 bits per heavy atom. The van der Waals surface area contributed by atoms with Crippen molar-refractivity contribution >= 4 is 17.8 Å². The molecule has 3 aromatic rings. The molecule has 2 aliphatic heterocycles. The van der Waals surface area contributed by atoms with E-state index in [1.165, 1.54) is 0 Å². The number of halogens is 6. The number of carbonyl (C=O) groups is 3. The van der Waals surface area contributed by atoms with Crippen LogP contribution in [0.15, 0.2) is 48.7 Å². The number of carboxylic acid groups (broad SMARTS) is 2. The van der Waals surface area contributed by atoms with E-state index in [-0.39, 0.29) is 5.91 Å². The first-order valence-corrected chi connectivity index (χ1v) is 13.1. The molecule has 4 heterocycles. The quantitative estimate of drug-likeness (QED) is 0.340. The zero-order valence-electron chi connectivity index (χ0n) is 23.5. The van der Waals surface area contributed by atoms with Gasteiger partial charge in [0, 0.05) is 50.9 Å². The molecule has 1 fully saturated rings. The zero-order valence-corrected chi connectivity index (χ0v) is 23.5. The van der Waals surface area contributed by atoms with Gasteiger partial charge in [0.2, 0.25) is 11.7 Å². The first-order valence-electron chi connectivity index (χ1n) is 13.1. The minimum atomic E-state index is -5.08. The van der Waals surface area contributed by atoms with Gasteiger partial charge in [-0.15, -0.1) is 10.2 Å². The number of ether oxygens (including phenoxy) is 1. The Morgan fingerprint density at radius 1 is 0.911 bits per heavy atom. The summed E-state index contributed by atoms with van der Waals surface area (Å²) in [6.07, 6.45) is -7.56. The molecule has 45 heavy (non-hydrogen) atoms. The van der Waals surface area contributed by atoms with Gasteiger partial charge >= 0.3 is 24.3 Å². The van der Waals surface area contributed by atoms with E-state index in [2.05, 4.69) is 31.5 Å². The lowest BCUT2D eigenvalue weighted by atomic mass is 9.89. The Morgan fingerprint density at radius 3 is 2.09 bits per heavy atom. The highest BCUT2D eigenvalue weighted by atomic mass is 19.4. The number of amides is 1. The van der Waals surface area contributed by atoms with Gasteiger partial charge in [0.1, 0.15) is 5.82 Å². The molecule has 0 saturated carbocycles. The number of hydrogen-bond acceptors (Lipinski definition) is 8. The number of rotatable bonds is 6. The van der Waals surface area contributed by atoms with E-state index in [1.54, 1.807) is 13.3 Å². The number of carboxylic acids is 2. The van der Waals surface area contributed by atoms with Gasteiger partial charge in [0.05, 0.1) is 7.11 Å². The molecule has 2 atom stereocenters. The minimum Gasteiger partial charge on any atom is -0.481 e. The summed E-state index contributed by atoms with van der Waals surface area (Å²) >= 11 is 0. The molecule has 18 heteroatoms. The summed E-state index contributed by atoms with van der Waals surface area (Å²) in [7, 11) is 1.66. The van der Waals surface area contributed by atoms with Gasteiger partial charge in [-0.25, -0.2) is 14.6 Å². The molecule has 244 valence electrons. The van der Waals surface area contributed by atoms with Crippen LogP contribution in [0.1, 0.15) is 27.6 Å². The van der Waals surface area contributed by atoms with Crippen molar-refractivity contribution in [3.8, 4) is 5.88 Å². The van der Waals surface area contributed by atoms with Gasteiger partial charge in [0.15, 0.2) is 0 Å². The van der Waals surface area contributed by atoms with E-state index in [0.29, 0.717) is 30.1 Å². The number of likely N-dealkylation sites (tertiary alicyclic amines) is 1. The molecule has 1 amide bonds. The molecule has 1 aromatic carbocycles. The Balaban J connectivity index is 0.000000331. The standard InChI is InChI=1S/C23H26N6O2.2C2HF3O2/c1-31-23-17(8-5-9-24-23)12-28-13-18-10-20-26-27-21(29(20)15-19(18)14-28)22(30)25-11-16-6-3-2-4-7-16;2*3-2(4,5)1(6)7/h2-9,18-19H,10-15H2,1H3,(H,25,30);2*(H,6,7). The van der Waals surface area contributed by atoms with E-state index in [9.17, 15) is 31.1 Å². The van der Waals surface area contributed by atoms with Crippen LogP contribution in [0.5, 0.6) is 5.88 Å². The van der Waals surface area contributed by atoms with Crippen LogP contribution in [0.3, 0.4) is 0 Å². The van der Waals surface area contributed by atoms with Crippen molar-refractivity contribution in [3.05, 3.63) is 71.4 Å². The average Bonchev–Trinajstić information content (AvgIpc) is 3.57. The van der Waals surface area contributed by atoms with E-state index in [1.807, 2.05) is 41.0 Å². The summed E-state index contributed by atoms with van der Waals surface area (Å²) in [5.74, 6) is -2.67. The Hall–Kier alpha value is -4.74. The number of methoxy groups -OCH3 is 1. The number of aliphatic carboxylic acids is 2. The Kier molecular flexibility index (Phi) is 11.4. The lowest BCUT2D eigenvalue weighted by Crippen LogP contribution is -2.32. The maximum absolute atomic E-state index is 12.8. The molecule has 1 saturated heterocycles. The number of aromatic nitrogens is 4. The highest BCUT2D eigenvalue weighted by molar-refractivity contribution is 5.90. The number of benzene rings is 1. The van der Waals surface area contributed by atoms with Crippen molar-refractivity contribution in [3.63, 3.8) is 0 Å². The number of carbonyl (C=O) groups excluding carboxylic acids is 1. The molecule has 12 nitrogen and oxygen atoms in total. The van der Waals surface area contributed by atoms with E-state index >= 15 is 0 Å². The Bertz CT molecular complexity index is 1440. The van der Waals surface area contributed by atoms with Crippen molar-refractivity contribution in [2.75, 3.05) is 20.2 Å². The summed E-state index contributed by atoms with van der Waals surface area (Å²) in [5, 5.41) is 25.8. The van der Waals surface area contributed by atoms with Gasteiger partial charge in [0.25, 0.3) is 5.91 Å². The van der Waals surface area contributed by atoms with Crippen LogP contribution in [0.2, 0.25) is 0 Å². The summed E-state index contributed by atoms with van der Waals surface area (Å²) in [5.41, 5.74) is 2.16. The van der Waals surface area contributed by atoms with E-state index < -0.39 is 24.3 Å². The predicted octanol–water partition coefficient (Wildman–Crippen LogP) is 3.18. The van der Waals surface area contributed by atoms with Crippen LogP contribution in [-0.4, -0.2) is 85.3 Å². The van der Waals surface area contributed by atoms with Crippen molar-refractivity contribution in [2.45, 2.75) is 38.4 Å². The highest BCUT2D eigenvalue weighted by Gasteiger charge is 2.40. The van der Waals surface area contributed by atoms with Crippen molar-refractivity contribution in [1.82, 2.24) is 30.0 Å². The molecular weight excluding hydrogens is 618 g/mol. The lowest BCUT2D eigenvalue weighted by Gasteiger charge is -2.25. The van der Waals surface area contributed by atoms with Gasteiger partial charge < -0.3 is 24.8 Å². The third-order valence-electron chi connectivity index (χ3n) is 6.76. The second-order valence-electron chi connectivity index (χ2n) is 9.91. The number of nitrogens with one attached hydrogen (secondary N) is 1. The average molecular weight is 647 g/mol. The van der Waals surface area contributed by atoms with Crippen molar-refractivity contribution < 1.29 is 55.7 Å². The third-order valence-corrected chi connectivity index (χ3v) is 6.76. The molecule has 0 radical (unpaired) electrons. The Labute approximate surface area is 251 Å². The maximum atomic E-state index is 12.8. The topological polar surface area (TPSA) is 160 Å². The van der Waals surface area contributed by atoms with Crippen molar-refractivity contribution in [1.29, 1.82) is 0 Å². The second kappa shape index (κ2) is 14.8. The van der Waals surface area contributed by atoms with E-state index in [0.717, 1.165) is 49.6 Å². The fraction of sp³-hybridized carbons (Fsp3) is 0.407. The minimum absolute atomic E-state index is 0.170. The predicted molar refractivity (Wildman–Crippen MR) is 142 cm³/mol. The number of hydrogen-bond donors (Lipinski definition) is 3. The van der Waals surface area contributed by atoms with Crippen LogP contribution in [0.4, 0.5) is 26.3 Å². The second-order valence-corrected chi connectivity index (χ2v) is 9.91. The van der Waals surface area contributed by atoms with Crippen LogP contribution < -0.4 is 10.1 Å². The largest absolute Gasteiger partial charge is 0.490 e. The van der Waals surface area contributed by atoms with Crippen LogP contribution in [-0.2, 0) is 35.6 Å². The molecular formula is C27H28F6N6O6. The lowest BCUT2D eigenvalue weighted by molar-refractivity contribution is -0.193. The molecule has 5 rings (SSSR count). The monoisotopic (exact) mass is 646 g/mol. The van der Waals surface area contributed by atoms with E-state index in [4.69, 9.17) is 24.5 Å². The van der Waals surface area contributed by atoms with Gasteiger partial charge in [-0.1, -0.05) is 36.4 Å². The normalized spacial score (nSPS) is 17.4. The van der Waals surface area contributed by atoms with Gasteiger partial charge in [-0.05, 0) is 23.5 Å². The smallest absolute Gasteiger partial charge is 0.481 e. The third kappa shape index (κ3) is 9.88. The van der Waals surface area contributed by atoms with Crippen LogP contribution >= 0.6 is 0 Å². The van der Waals surface area contributed by atoms with Crippen LogP contribution in [0, 0.1) is 11.8 Å². The molecule has 0 bridgehead atoms. The fourth-order valence-corrected chi connectivity index (χ4v) is 4.74. The zero-order chi connectivity index (χ0) is 33.4.